The van der Waals surface area contributed by atoms with Crippen molar-refractivity contribution in [2.75, 3.05) is 6.61 Å². The third-order valence-electron chi connectivity index (χ3n) is 3.63. The third kappa shape index (κ3) is 3.00. The lowest BCUT2D eigenvalue weighted by atomic mass is 10.0. The first-order chi connectivity index (χ1) is 10.6. The van der Waals surface area contributed by atoms with E-state index in [1.54, 1.807) is 42.1 Å². The zero-order chi connectivity index (χ0) is 15.7. The fourth-order valence-electron chi connectivity index (χ4n) is 2.31. The molecule has 6 heteroatoms. The predicted molar refractivity (Wildman–Crippen MR) is 82.0 cm³/mol. The smallest absolute Gasteiger partial charge is 0.359 e. The van der Waals surface area contributed by atoms with Crippen LogP contribution in [0.1, 0.15) is 53.5 Å². The zero-order valence-electron chi connectivity index (χ0n) is 12.2. The van der Waals surface area contributed by atoms with Crippen LogP contribution in [0.5, 0.6) is 0 Å². The van der Waals surface area contributed by atoms with Gasteiger partial charge in [-0.15, -0.1) is 0 Å². The minimum Gasteiger partial charge on any atom is -0.461 e. The van der Waals surface area contributed by atoms with Crippen LogP contribution in [0.25, 0.3) is 0 Å². The van der Waals surface area contributed by atoms with Gasteiger partial charge in [-0.25, -0.2) is 4.79 Å². The molecule has 1 aromatic heterocycles. The van der Waals surface area contributed by atoms with Crippen molar-refractivity contribution in [2.45, 2.75) is 31.9 Å². The van der Waals surface area contributed by atoms with Crippen molar-refractivity contribution in [1.29, 1.82) is 0 Å². The normalized spacial score (nSPS) is 15.6. The van der Waals surface area contributed by atoms with Gasteiger partial charge in [0.2, 0.25) is 0 Å². The Morgan fingerprint density at radius 1 is 1.45 bits per heavy atom. The summed E-state index contributed by atoms with van der Waals surface area (Å²) in [6.45, 7) is 2.01. The Labute approximate surface area is 133 Å². The van der Waals surface area contributed by atoms with Crippen LogP contribution < -0.4 is 0 Å². The highest BCUT2D eigenvalue weighted by Gasteiger charge is 2.30. The number of esters is 1. The van der Waals surface area contributed by atoms with Crippen LogP contribution in [-0.2, 0) is 4.74 Å². The highest BCUT2D eigenvalue weighted by molar-refractivity contribution is 6.30. The number of benzene rings is 1. The summed E-state index contributed by atoms with van der Waals surface area (Å²) in [6, 6.07) is 7.19. The minimum atomic E-state index is -0.941. The van der Waals surface area contributed by atoms with E-state index in [-0.39, 0.29) is 12.3 Å². The van der Waals surface area contributed by atoms with E-state index >= 15 is 0 Å². The Hall–Kier alpha value is -1.85. The summed E-state index contributed by atoms with van der Waals surface area (Å²) in [6.07, 6.45) is 2.88. The Bertz CT molecular complexity index is 677. The molecule has 1 N–H and O–H groups in total. The van der Waals surface area contributed by atoms with Crippen molar-refractivity contribution < 1.29 is 14.6 Å². The van der Waals surface area contributed by atoms with Gasteiger partial charge in [0.15, 0.2) is 5.69 Å². The van der Waals surface area contributed by atoms with Crippen LogP contribution >= 0.6 is 11.6 Å². The number of carbonyl (C=O) groups excluding carboxylic acids is 1. The van der Waals surface area contributed by atoms with Gasteiger partial charge in [-0.05, 0) is 37.5 Å². The molecule has 1 aliphatic rings. The van der Waals surface area contributed by atoms with Gasteiger partial charge in [-0.1, -0.05) is 23.7 Å². The first kappa shape index (κ1) is 15.1. The number of nitrogens with zero attached hydrogens (tertiary/aromatic N) is 2. The summed E-state index contributed by atoms with van der Waals surface area (Å²) in [5.74, 6) is -0.509. The number of carbonyl (C=O) groups is 1. The molecular weight excluding hydrogens is 304 g/mol. The van der Waals surface area contributed by atoms with Crippen molar-refractivity contribution in [3.8, 4) is 0 Å². The van der Waals surface area contributed by atoms with E-state index in [0.717, 1.165) is 12.8 Å². The molecule has 1 aliphatic carbocycles. The molecule has 22 heavy (non-hydrogen) atoms. The first-order valence-electron chi connectivity index (χ1n) is 7.30. The van der Waals surface area contributed by atoms with E-state index < -0.39 is 12.1 Å². The van der Waals surface area contributed by atoms with Gasteiger partial charge in [0.1, 0.15) is 6.10 Å². The third-order valence-corrected chi connectivity index (χ3v) is 3.88. The highest BCUT2D eigenvalue weighted by atomic mass is 35.5. The Kier molecular flexibility index (Phi) is 4.18. The van der Waals surface area contributed by atoms with E-state index in [9.17, 15) is 9.90 Å². The van der Waals surface area contributed by atoms with E-state index in [4.69, 9.17) is 16.3 Å². The number of aliphatic hydroxyl groups excluding tert-OH is 1. The lowest BCUT2D eigenvalue weighted by molar-refractivity contribution is 0.0513. The van der Waals surface area contributed by atoms with Gasteiger partial charge in [-0.3, -0.25) is 4.68 Å². The van der Waals surface area contributed by atoms with Crippen LogP contribution in [0, 0.1) is 0 Å². The Morgan fingerprint density at radius 2 is 2.14 bits per heavy atom. The summed E-state index contributed by atoms with van der Waals surface area (Å²) in [7, 11) is 0. The Balaban J connectivity index is 1.96. The van der Waals surface area contributed by atoms with Crippen molar-refractivity contribution in [3.05, 3.63) is 52.3 Å². The molecule has 5 nitrogen and oxygen atoms in total. The van der Waals surface area contributed by atoms with Gasteiger partial charge in [0.25, 0.3) is 0 Å². The summed E-state index contributed by atoms with van der Waals surface area (Å²) in [5.41, 5.74) is 1.30. The van der Waals surface area contributed by atoms with Crippen LogP contribution in [0.4, 0.5) is 0 Å². The number of rotatable bonds is 5. The topological polar surface area (TPSA) is 64.3 Å². The van der Waals surface area contributed by atoms with Crippen LogP contribution in [0.2, 0.25) is 5.02 Å². The summed E-state index contributed by atoms with van der Waals surface area (Å²) < 4.78 is 6.79. The quantitative estimate of drug-likeness (QED) is 0.860. The van der Waals surface area contributed by atoms with E-state index in [0.29, 0.717) is 22.2 Å². The van der Waals surface area contributed by atoms with Crippen molar-refractivity contribution in [2.24, 2.45) is 0 Å². The minimum absolute atomic E-state index is 0.177. The van der Waals surface area contributed by atoms with Crippen LogP contribution in [0.15, 0.2) is 30.5 Å². The van der Waals surface area contributed by atoms with Gasteiger partial charge in [-0.2, -0.15) is 5.10 Å². The maximum absolute atomic E-state index is 12.1. The molecule has 0 spiro atoms. The lowest BCUT2D eigenvalue weighted by Gasteiger charge is -2.10. The van der Waals surface area contributed by atoms with E-state index in [1.165, 1.54) is 0 Å². The number of hydrogen-bond donors (Lipinski definition) is 1. The SMILES string of the molecule is CCOC(=O)c1nn(C2CC2)cc1C(O)c1ccc(Cl)cc1. The van der Waals surface area contributed by atoms with E-state index in [1.807, 2.05) is 0 Å². The molecule has 0 saturated heterocycles. The second-order valence-corrected chi connectivity index (χ2v) is 5.76. The van der Waals surface area contributed by atoms with Gasteiger partial charge >= 0.3 is 5.97 Å². The number of halogens is 1. The standard InChI is InChI=1S/C16H17ClN2O3/c1-2-22-16(21)14-13(9-19(18-14)12-7-8-12)15(20)10-3-5-11(17)6-4-10/h3-6,9,12,15,20H,2,7-8H2,1H3. The molecular formula is C16H17ClN2O3. The maximum Gasteiger partial charge on any atom is 0.359 e. The fraction of sp³-hybridized carbons (Fsp3) is 0.375. The first-order valence-corrected chi connectivity index (χ1v) is 7.67. The molecule has 1 fully saturated rings. The average Bonchev–Trinajstić information content (AvgIpc) is 3.26. The second-order valence-electron chi connectivity index (χ2n) is 5.32. The molecule has 1 saturated carbocycles. The molecule has 116 valence electrons. The zero-order valence-corrected chi connectivity index (χ0v) is 13.0. The molecule has 0 amide bonds. The van der Waals surface area contributed by atoms with Gasteiger partial charge in [0.05, 0.1) is 12.6 Å². The molecule has 0 bridgehead atoms. The van der Waals surface area contributed by atoms with Crippen molar-refractivity contribution >= 4 is 17.6 Å². The van der Waals surface area contributed by atoms with E-state index in [2.05, 4.69) is 5.10 Å². The summed E-state index contributed by atoms with van der Waals surface area (Å²) in [5, 5.41) is 15.5. The highest BCUT2D eigenvalue weighted by Crippen LogP contribution is 2.36. The molecule has 0 radical (unpaired) electrons. The largest absolute Gasteiger partial charge is 0.461 e. The molecule has 2 aromatic rings. The van der Waals surface area contributed by atoms with Crippen molar-refractivity contribution in [3.63, 3.8) is 0 Å². The summed E-state index contributed by atoms with van der Waals surface area (Å²) >= 11 is 5.87. The molecule has 1 aromatic carbocycles. The number of hydrogen-bond acceptors (Lipinski definition) is 4. The number of aromatic nitrogens is 2. The fourth-order valence-corrected chi connectivity index (χ4v) is 2.44. The molecule has 1 atom stereocenters. The van der Waals surface area contributed by atoms with Gasteiger partial charge < -0.3 is 9.84 Å². The van der Waals surface area contributed by atoms with Crippen LogP contribution in [0.3, 0.4) is 0 Å². The molecule has 0 aliphatic heterocycles. The number of aliphatic hydroxyl groups is 1. The average molecular weight is 321 g/mol. The predicted octanol–water partition coefficient (Wildman–Crippen LogP) is 3.13. The monoisotopic (exact) mass is 320 g/mol. The second kappa shape index (κ2) is 6.10. The number of ether oxygens (including phenoxy) is 1. The van der Waals surface area contributed by atoms with Crippen molar-refractivity contribution in [1.82, 2.24) is 9.78 Å². The molecule has 1 heterocycles. The molecule has 3 rings (SSSR count). The molecule has 1 unspecified atom stereocenters. The van der Waals surface area contributed by atoms with Gasteiger partial charge in [0, 0.05) is 16.8 Å². The van der Waals surface area contributed by atoms with Crippen LogP contribution in [-0.4, -0.2) is 27.5 Å². The lowest BCUT2D eigenvalue weighted by Crippen LogP contribution is -2.11. The maximum atomic E-state index is 12.1. The Morgan fingerprint density at radius 3 is 2.73 bits per heavy atom. The summed E-state index contributed by atoms with van der Waals surface area (Å²) in [4.78, 5) is 12.1.